The van der Waals surface area contributed by atoms with Gasteiger partial charge in [-0.15, -0.1) is 0 Å². The van der Waals surface area contributed by atoms with Gasteiger partial charge in [0.2, 0.25) is 5.88 Å². The molecule has 3 aromatic rings. The molecule has 3 N–H and O–H groups in total. The number of anilines is 1. The van der Waals surface area contributed by atoms with Crippen LogP contribution in [0.5, 0.6) is 5.88 Å². The predicted molar refractivity (Wildman–Crippen MR) is 78.5 cm³/mol. The molecular weight excluding hydrogens is 270 g/mol. The Morgan fingerprint density at radius 3 is 3.00 bits per heavy atom. The number of hydrogen-bond acceptors (Lipinski definition) is 4. The molecule has 0 aliphatic rings. The molecule has 7 nitrogen and oxygen atoms in total. The summed E-state index contributed by atoms with van der Waals surface area (Å²) in [5.41, 5.74) is 2.68. The first-order valence-corrected chi connectivity index (χ1v) is 6.61. The quantitative estimate of drug-likeness (QED) is 0.685. The number of carbonyl (C=O) groups excluding carboxylic acids is 1. The summed E-state index contributed by atoms with van der Waals surface area (Å²) in [7, 11) is 0. The van der Waals surface area contributed by atoms with Crippen LogP contribution < -0.4 is 10.1 Å². The maximum atomic E-state index is 12.3. The molecule has 0 atom stereocenters. The molecule has 0 radical (unpaired) electrons. The number of carbonyl (C=O) groups is 1. The molecule has 3 aromatic heterocycles. The van der Waals surface area contributed by atoms with Crippen LogP contribution in [-0.4, -0.2) is 32.7 Å². The third-order valence-electron chi connectivity index (χ3n) is 2.98. The van der Waals surface area contributed by atoms with Crippen LogP contribution in [0.15, 0.2) is 24.4 Å². The Morgan fingerprint density at radius 1 is 1.43 bits per heavy atom. The van der Waals surface area contributed by atoms with Crippen LogP contribution in [0.1, 0.15) is 23.0 Å². The molecule has 0 saturated heterocycles. The molecule has 0 fully saturated rings. The minimum absolute atomic E-state index is 0.270. The first-order valence-electron chi connectivity index (χ1n) is 6.61. The number of pyridine rings is 1. The average Bonchev–Trinajstić information content (AvgIpc) is 3.05. The van der Waals surface area contributed by atoms with E-state index in [1.807, 2.05) is 19.9 Å². The SMILES string of the molecule is CCOc1ccc2[nH]cc(C(=O)Nc3cc(C)[nH]n3)c2n1. The first kappa shape index (κ1) is 13.2. The maximum Gasteiger partial charge on any atom is 0.260 e. The number of ether oxygens (including phenoxy) is 1. The summed E-state index contributed by atoms with van der Waals surface area (Å²) in [4.78, 5) is 19.7. The van der Waals surface area contributed by atoms with Gasteiger partial charge in [0.15, 0.2) is 5.82 Å². The summed E-state index contributed by atoms with van der Waals surface area (Å²) >= 11 is 0. The largest absolute Gasteiger partial charge is 0.478 e. The number of H-pyrrole nitrogens is 2. The number of fused-ring (bicyclic) bond motifs is 1. The van der Waals surface area contributed by atoms with Crippen LogP contribution in [0.3, 0.4) is 0 Å². The second kappa shape index (κ2) is 5.28. The van der Waals surface area contributed by atoms with Gasteiger partial charge in [-0.25, -0.2) is 4.98 Å². The van der Waals surface area contributed by atoms with Gasteiger partial charge >= 0.3 is 0 Å². The van der Waals surface area contributed by atoms with Gasteiger partial charge in [-0.3, -0.25) is 9.89 Å². The van der Waals surface area contributed by atoms with Gasteiger partial charge in [-0.2, -0.15) is 5.10 Å². The number of aromatic amines is 2. The normalized spacial score (nSPS) is 10.8. The molecule has 0 unspecified atom stereocenters. The highest BCUT2D eigenvalue weighted by Crippen LogP contribution is 2.20. The van der Waals surface area contributed by atoms with Crippen molar-refractivity contribution in [3.63, 3.8) is 0 Å². The molecule has 3 heterocycles. The van der Waals surface area contributed by atoms with Crippen LogP contribution >= 0.6 is 0 Å². The average molecular weight is 285 g/mol. The van der Waals surface area contributed by atoms with Crippen molar-refractivity contribution in [3.05, 3.63) is 35.7 Å². The lowest BCUT2D eigenvalue weighted by molar-refractivity contribution is 0.102. The first-order chi connectivity index (χ1) is 10.2. The summed E-state index contributed by atoms with van der Waals surface area (Å²) in [6, 6.07) is 5.36. The van der Waals surface area contributed by atoms with E-state index in [0.29, 0.717) is 29.4 Å². The number of aromatic nitrogens is 4. The highest BCUT2D eigenvalue weighted by molar-refractivity contribution is 6.11. The Bertz CT molecular complexity index is 790. The van der Waals surface area contributed by atoms with Gasteiger partial charge in [-0.1, -0.05) is 0 Å². The molecule has 0 spiro atoms. The van der Waals surface area contributed by atoms with Crippen LogP contribution in [0.25, 0.3) is 11.0 Å². The zero-order chi connectivity index (χ0) is 14.8. The van der Waals surface area contributed by atoms with Crippen LogP contribution in [0.4, 0.5) is 5.82 Å². The van der Waals surface area contributed by atoms with Crippen molar-refractivity contribution in [2.24, 2.45) is 0 Å². The zero-order valence-corrected chi connectivity index (χ0v) is 11.7. The lowest BCUT2D eigenvalue weighted by atomic mass is 10.2. The van der Waals surface area contributed by atoms with Gasteiger partial charge in [0.25, 0.3) is 5.91 Å². The molecule has 21 heavy (non-hydrogen) atoms. The topological polar surface area (TPSA) is 95.7 Å². The predicted octanol–water partition coefficient (Wildman–Crippen LogP) is 2.25. The van der Waals surface area contributed by atoms with E-state index >= 15 is 0 Å². The highest BCUT2D eigenvalue weighted by Gasteiger charge is 2.15. The summed E-state index contributed by atoms with van der Waals surface area (Å²) in [5.74, 6) is 0.705. The fourth-order valence-corrected chi connectivity index (χ4v) is 2.05. The fraction of sp³-hybridized carbons (Fsp3) is 0.214. The highest BCUT2D eigenvalue weighted by atomic mass is 16.5. The zero-order valence-electron chi connectivity index (χ0n) is 11.7. The van der Waals surface area contributed by atoms with Crippen molar-refractivity contribution in [2.45, 2.75) is 13.8 Å². The molecule has 0 aromatic carbocycles. The Kier molecular flexibility index (Phi) is 3.31. The van der Waals surface area contributed by atoms with E-state index in [0.717, 1.165) is 11.2 Å². The monoisotopic (exact) mass is 285 g/mol. The Hall–Kier alpha value is -2.83. The van der Waals surface area contributed by atoms with E-state index < -0.39 is 0 Å². The Labute approximate surface area is 120 Å². The van der Waals surface area contributed by atoms with Crippen molar-refractivity contribution < 1.29 is 9.53 Å². The van der Waals surface area contributed by atoms with Gasteiger partial charge in [-0.05, 0) is 19.9 Å². The summed E-state index contributed by atoms with van der Waals surface area (Å²) in [5, 5.41) is 9.48. The summed E-state index contributed by atoms with van der Waals surface area (Å²) in [6.45, 7) is 4.28. The van der Waals surface area contributed by atoms with Crippen molar-refractivity contribution >= 4 is 22.8 Å². The molecule has 7 heteroatoms. The number of nitrogens with one attached hydrogen (secondary N) is 3. The molecule has 108 valence electrons. The number of rotatable bonds is 4. The smallest absolute Gasteiger partial charge is 0.260 e. The number of nitrogens with zero attached hydrogens (tertiary/aromatic N) is 2. The van der Waals surface area contributed by atoms with Gasteiger partial charge < -0.3 is 15.0 Å². The number of amides is 1. The lowest BCUT2D eigenvalue weighted by Gasteiger charge is -2.03. The number of hydrogen-bond donors (Lipinski definition) is 3. The van der Waals surface area contributed by atoms with Gasteiger partial charge in [0.05, 0.1) is 17.7 Å². The van der Waals surface area contributed by atoms with Crippen molar-refractivity contribution in [3.8, 4) is 5.88 Å². The van der Waals surface area contributed by atoms with Crippen LogP contribution in [0, 0.1) is 6.92 Å². The van der Waals surface area contributed by atoms with Crippen molar-refractivity contribution in [1.29, 1.82) is 0 Å². The lowest BCUT2D eigenvalue weighted by Crippen LogP contribution is -2.12. The van der Waals surface area contributed by atoms with Gasteiger partial charge in [0.1, 0.15) is 5.52 Å². The third kappa shape index (κ3) is 2.58. The molecule has 1 amide bonds. The van der Waals surface area contributed by atoms with E-state index in [1.165, 1.54) is 0 Å². The van der Waals surface area contributed by atoms with Crippen LogP contribution in [-0.2, 0) is 0 Å². The standard InChI is InChI=1S/C14H15N5O2/c1-3-21-12-5-4-10-13(17-12)9(7-15-10)14(20)16-11-6-8(2)18-19-11/h4-7,15H,3H2,1-2H3,(H2,16,18,19,20). The van der Waals surface area contributed by atoms with E-state index in [1.54, 1.807) is 18.3 Å². The maximum absolute atomic E-state index is 12.3. The third-order valence-corrected chi connectivity index (χ3v) is 2.98. The summed E-state index contributed by atoms with van der Waals surface area (Å²) < 4.78 is 5.37. The van der Waals surface area contributed by atoms with E-state index in [-0.39, 0.29) is 5.91 Å². The molecule has 0 aliphatic heterocycles. The molecule has 3 rings (SSSR count). The number of aryl methyl sites for hydroxylation is 1. The molecule has 0 aliphatic carbocycles. The molecule has 0 bridgehead atoms. The fourth-order valence-electron chi connectivity index (χ4n) is 2.05. The van der Waals surface area contributed by atoms with Gasteiger partial charge in [0, 0.05) is 24.0 Å². The summed E-state index contributed by atoms with van der Waals surface area (Å²) in [6.07, 6.45) is 1.63. The minimum atomic E-state index is -0.270. The molecule has 0 saturated carbocycles. The van der Waals surface area contributed by atoms with E-state index in [9.17, 15) is 4.79 Å². The minimum Gasteiger partial charge on any atom is -0.478 e. The Morgan fingerprint density at radius 2 is 2.29 bits per heavy atom. The van der Waals surface area contributed by atoms with Crippen molar-refractivity contribution in [1.82, 2.24) is 20.2 Å². The molecular formula is C14H15N5O2. The van der Waals surface area contributed by atoms with Crippen LogP contribution in [0.2, 0.25) is 0 Å². The Balaban J connectivity index is 1.91. The van der Waals surface area contributed by atoms with E-state index in [4.69, 9.17) is 4.74 Å². The second-order valence-corrected chi connectivity index (χ2v) is 4.57. The van der Waals surface area contributed by atoms with E-state index in [2.05, 4.69) is 25.5 Å². The second-order valence-electron chi connectivity index (χ2n) is 4.57. The van der Waals surface area contributed by atoms with Crippen molar-refractivity contribution in [2.75, 3.05) is 11.9 Å².